The quantitative estimate of drug-likeness (QED) is 0.772. The lowest BCUT2D eigenvalue weighted by Crippen LogP contribution is -2.47. The summed E-state index contributed by atoms with van der Waals surface area (Å²) >= 11 is 0. The molecule has 3 rings (SSSR count). The number of likely N-dealkylation sites (tertiary alicyclic amines) is 1. The lowest BCUT2D eigenvalue weighted by molar-refractivity contribution is 0.0959. The number of urea groups is 1. The average molecular weight is 397 g/mol. The summed E-state index contributed by atoms with van der Waals surface area (Å²) < 4.78 is 10.8. The number of amides is 3. The van der Waals surface area contributed by atoms with Gasteiger partial charge in [-0.1, -0.05) is 30.3 Å². The van der Waals surface area contributed by atoms with Crippen molar-refractivity contribution in [3.05, 3.63) is 60.2 Å². The number of nitrogens with one attached hydrogen (secondary N) is 2. The zero-order valence-electron chi connectivity index (χ0n) is 16.6. The molecule has 0 atom stereocenters. The van der Waals surface area contributed by atoms with Gasteiger partial charge in [0.05, 0.1) is 6.61 Å². The molecule has 154 valence electrons. The van der Waals surface area contributed by atoms with Gasteiger partial charge < -0.3 is 25.0 Å². The van der Waals surface area contributed by atoms with E-state index in [-0.39, 0.29) is 18.2 Å². The van der Waals surface area contributed by atoms with Gasteiger partial charge in [0.2, 0.25) is 0 Å². The smallest absolute Gasteiger partial charge is 0.409 e. The van der Waals surface area contributed by atoms with E-state index in [1.54, 1.807) is 11.8 Å². The predicted molar refractivity (Wildman–Crippen MR) is 111 cm³/mol. The third-order valence-electron chi connectivity index (χ3n) is 4.72. The highest BCUT2D eigenvalue weighted by Crippen LogP contribution is 2.17. The summed E-state index contributed by atoms with van der Waals surface area (Å²) in [5.74, 6) is 0.742. The fourth-order valence-electron chi connectivity index (χ4n) is 3.15. The van der Waals surface area contributed by atoms with Crippen molar-refractivity contribution in [2.24, 2.45) is 0 Å². The van der Waals surface area contributed by atoms with Crippen LogP contribution >= 0.6 is 0 Å². The molecule has 29 heavy (non-hydrogen) atoms. The van der Waals surface area contributed by atoms with Crippen molar-refractivity contribution < 1.29 is 19.1 Å². The summed E-state index contributed by atoms with van der Waals surface area (Å²) in [5, 5.41) is 5.79. The lowest BCUT2D eigenvalue weighted by Gasteiger charge is -2.31. The van der Waals surface area contributed by atoms with Gasteiger partial charge in [-0.3, -0.25) is 0 Å². The highest BCUT2D eigenvalue weighted by Gasteiger charge is 2.24. The second-order valence-electron chi connectivity index (χ2n) is 6.86. The average Bonchev–Trinajstić information content (AvgIpc) is 2.74. The Kier molecular flexibility index (Phi) is 7.33. The molecule has 1 aliphatic rings. The molecule has 1 aliphatic heterocycles. The van der Waals surface area contributed by atoms with E-state index in [2.05, 4.69) is 10.6 Å². The molecule has 2 aromatic rings. The molecule has 2 N–H and O–H groups in total. The van der Waals surface area contributed by atoms with Crippen molar-refractivity contribution in [1.29, 1.82) is 0 Å². The van der Waals surface area contributed by atoms with Gasteiger partial charge in [0.15, 0.2) is 0 Å². The summed E-state index contributed by atoms with van der Waals surface area (Å²) in [6, 6.07) is 17.0. The Labute approximate surface area is 171 Å². The molecule has 0 radical (unpaired) electrons. The Balaban J connectivity index is 1.40. The Morgan fingerprint density at radius 2 is 1.72 bits per heavy atom. The minimum absolute atomic E-state index is 0.0363. The lowest BCUT2D eigenvalue weighted by atomic mass is 10.1. The summed E-state index contributed by atoms with van der Waals surface area (Å²) in [7, 11) is 0. The van der Waals surface area contributed by atoms with Crippen LogP contribution in [0.5, 0.6) is 5.75 Å². The zero-order chi connectivity index (χ0) is 20.5. The first kappa shape index (κ1) is 20.5. The van der Waals surface area contributed by atoms with Crippen molar-refractivity contribution in [2.45, 2.75) is 32.4 Å². The largest absolute Gasteiger partial charge is 0.489 e. The van der Waals surface area contributed by atoms with Gasteiger partial charge in [0.25, 0.3) is 0 Å². The molecular formula is C22H27N3O4. The molecular weight excluding hydrogens is 370 g/mol. The van der Waals surface area contributed by atoms with Crippen molar-refractivity contribution in [1.82, 2.24) is 10.2 Å². The van der Waals surface area contributed by atoms with Crippen LogP contribution in [-0.4, -0.2) is 42.8 Å². The molecule has 0 bridgehead atoms. The first-order valence-electron chi connectivity index (χ1n) is 9.90. The number of carbonyl (C=O) groups excluding carboxylic acids is 2. The first-order valence-corrected chi connectivity index (χ1v) is 9.90. The summed E-state index contributed by atoms with van der Waals surface area (Å²) in [5.41, 5.74) is 1.79. The van der Waals surface area contributed by atoms with Gasteiger partial charge >= 0.3 is 12.1 Å². The second kappa shape index (κ2) is 10.4. The van der Waals surface area contributed by atoms with Crippen molar-refractivity contribution in [3.63, 3.8) is 0 Å². The van der Waals surface area contributed by atoms with E-state index >= 15 is 0 Å². The van der Waals surface area contributed by atoms with Crippen LogP contribution in [0.3, 0.4) is 0 Å². The monoisotopic (exact) mass is 397 g/mol. The highest BCUT2D eigenvalue weighted by molar-refractivity contribution is 5.89. The molecule has 0 unspecified atom stereocenters. The Morgan fingerprint density at radius 3 is 2.38 bits per heavy atom. The van der Waals surface area contributed by atoms with E-state index in [1.807, 2.05) is 54.6 Å². The number of piperidine rings is 1. The van der Waals surface area contributed by atoms with Crippen molar-refractivity contribution in [2.75, 3.05) is 25.0 Å². The molecule has 1 fully saturated rings. The van der Waals surface area contributed by atoms with Gasteiger partial charge in [0, 0.05) is 24.8 Å². The Hall–Kier alpha value is -3.22. The van der Waals surface area contributed by atoms with Gasteiger partial charge in [0.1, 0.15) is 12.4 Å². The SMILES string of the molecule is CCOC(=O)N1CCC(NC(=O)Nc2ccc(OCc3ccccc3)cc2)CC1. The number of anilines is 1. The molecule has 2 aromatic carbocycles. The third-order valence-corrected chi connectivity index (χ3v) is 4.72. The van der Waals surface area contributed by atoms with Crippen LogP contribution < -0.4 is 15.4 Å². The van der Waals surface area contributed by atoms with Crippen molar-refractivity contribution >= 4 is 17.8 Å². The maximum Gasteiger partial charge on any atom is 0.409 e. The maximum absolute atomic E-state index is 12.2. The molecule has 0 aliphatic carbocycles. The van der Waals surface area contributed by atoms with Gasteiger partial charge in [-0.25, -0.2) is 9.59 Å². The van der Waals surface area contributed by atoms with E-state index < -0.39 is 0 Å². The molecule has 7 heteroatoms. The predicted octanol–water partition coefficient (Wildman–Crippen LogP) is 4.01. The standard InChI is InChI=1S/C22H27N3O4/c1-2-28-22(27)25-14-12-19(13-15-25)24-21(26)23-18-8-10-20(11-9-18)29-16-17-6-4-3-5-7-17/h3-11,19H,2,12-16H2,1H3,(H2,23,24,26). The fourth-order valence-corrected chi connectivity index (χ4v) is 3.15. The number of rotatable bonds is 6. The second-order valence-corrected chi connectivity index (χ2v) is 6.86. The van der Waals surface area contributed by atoms with Gasteiger partial charge in [-0.2, -0.15) is 0 Å². The molecule has 1 saturated heterocycles. The Morgan fingerprint density at radius 1 is 1.03 bits per heavy atom. The van der Waals surface area contributed by atoms with Crippen molar-refractivity contribution in [3.8, 4) is 5.75 Å². The molecule has 7 nitrogen and oxygen atoms in total. The Bertz CT molecular complexity index is 787. The summed E-state index contributed by atoms with van der Waals surface area (Å²) in [6.45, 7) is 3.82. The molecule has 0 spiro atoms. The zero-order valence-corrected chi connectivity index (χ0v) is 16.6. The van der Waals surface area contributed by atoms with E-state index in [0.717, 1.165) is 11.3 Å². The number of ether oxygens (including phenoxy) is 2. The van der Waals surface area contributed by atoms with Crippen LogP contribution in [0.1, 0.15) is 25.3 Å². The molecule has 3 amide bonds. The first-order chi connectivity index (χ1) is 14.1. The van der Waals surface area contributed by atoms with Crippen LogP contribution in [0.15, 0.2) is 54.6 Å². The van der Waals surface area contributed by atoms with E-state index in [0.29, 0.717) is 44.8 Å². The van der Waals surface area contributed by atoms with Crippen LogP contribution in [0.4, 0.5) is 15.3 Å². The summed E-state index contributed by atoms with van der Waals surface area (Å²) in [6.07, 6.45) is 1.13. The topological polar surface area (TPSA) is 79.9 Å². The van der Waals surface area contributed by atoms with Crippen LogP contribution in [-0.2, 0) is 11.3 Å². The summed E-state index contributed by atoms with van der Waals surface area (Å²) in [4.78, 5) is 25.6. The van der Waals surface area contributed by atoms with E-state index in [1.165, 1.54) is 0 Å². The van der Waals surface area contributed by atoms with Crippen LogP contribution in [0.2, 0.25) is 0 Å². The number of hydrogen-bond donors (Lipinski definition) is 2. The minimum Gasteiger partial charge on any atom is -0.489 e. The molecule has 1 heterocycles. The molecule has 0 saturated carbocycles. The number of carbonyl (C=O) groups is 2. The minimum atomic E-state index is -0.287. The van der Waals surface area contributed by atoms with E-state index in [4.69, 9.17) is 9.47 Å². The fraction of sp³-hybridized carbons (Fsp3) is 0.364. The van der Waals surface area contributed by atoms with Crippen LogP contribution in [0, 0.1) is 0 Å². The third kappa shape index (κ3) is 6.41. The molecule has 0 aromatic heterocycles. The number of hydrogen-bond acceptors (Lipinski definition) is 4. The number of nitrogens with zero attached hydrogens (tertiary/aromatic N) is 1. The normalized spacial score (nSPS) is 14.2. The number of benzene rings is 2. The highest BCUT2D eigenvalue weighted by atomic mass is 16.6. The van der Waals surface area contributed by atoms with Gasteiger partial charge in [-0.05, 0) is 49.6 Å². The van der Waals surface area contributed by atoms with Crippen LogP contribution in [0.25, 0.3) is 0 Å². The van der Waals surface area contributed by atoms with Gasteiger partial charge in [-0.15, -0.1) is 0 Å². The van der Waals surface area contributed by atoms with E-state index in [9.17, 15) is 9.59 Å². The maximum atomic E-state index is 12.2.